The van der Waals surface area contributed by atoms with E-state index >= 15 is 0 Å². The summed E-state index contributed by atoms with van der Waals surface area (Å²) in [6.07, 6.45) is 5.80. The van der Waals surface area contributed by atoms with Crippen LogP contribution in [0.5, 0.6) is 0 Å². The second-order valence-electron chi connectivity index (χ2n) is 6.13. The molecule has 1 aliphatic heterocycles. The van der Waals surface area contributed by atoms with E-state index in [1.165, 1.54) is 12.8 Å². The van der Waals surface area contributed by atoms with E-state index < -0.39 is 0 Å². The van der Waals surface area contributed by atoms with E-state index in [0.29, 0.717) is 12.5 Å². The molecule has 112 valence electrons. The molecule has 0 bridgehead atoms. The Balaban J connectivity index is 1.81. The monoisotopic (exact) mass is 279 g/mol. The van der Waals surface area contributed by atoms with Gasteiger partial charge < -0.3 is 14.6 Å². The molecular formula is C15H25N3O2. The zero-order valence-corrected chi connectivity index (χ0v) is 12.5. The molecule has 1 saturated heterocycles. The number of aromatic nitrogens is 2. The number of nitrogens with zero attached hydrogens (tertiary/aromatic N) is 2. The number of rotatable bonds is 7. The second-order valence-corrected chi connectivity index (χ2v) is 6.13. The molecule has 2 atom stereocenters. The Bertz CT molecular complexity index is 436. The molecule has 20 heavy (non-hydrogen) atoms. The van der Waals surface area contributed by atoms with Crippen LogP contribution in [0, 0.1) is 5.92 Å². The van der Waals surface area contributed by atoms with Crippen molar-refractivity contribution in [3.63, 3.8) is 0 Å². The van der Waals surface area contributed by atoms with Crippen molar-refractivity contribution in [2.45, 2.75) is 57.5 Å². The van der Waals surface area contributed by atoms with Crippen molar-refractivity contribution < 1.29 is 9.26 Å². The van der Waals surface area contributed by atoms with Crippen LogP contribution in [0.3, 0.4) is 0 Å². The van der Waals surface area contributed by atoms with E-state index in [4.69, 9.17) is 14.2 Å². The Morgan fingerprint density at radius 3 is 2.90 bits per heavy atom. The SMILES string of the molecule is CCCC1(c2nc(C(OCC)C3CC3)no2)CCNC1. The Kier molecular flexibility index (Phi) is 4.08. The predicted octanol–water partition coefficient (Wildman–Crippen LogP) is 2.59. The summed E-state index contributed by atoms with van der Waals surface area (Å²) in [5.74, 6) is 2.15. The summed E-state index contributed by atoms with van der Waals surface area (Å²) in [4.78, 5) is 4.72. The van der Waals surface area contributed by atoms with Crippen LogP contribution in [0.25, 0.3) is 0 Å². The van der Waals surface area contributed by atoms with Crippen LogP contribution in [0.1, 0.15) is 63.8 Å². The summed E-state index contributed by atoms with van der Waals surface area (Å²) in [7, 11) is 0. The normalized spacial score (nSPS) is 27.9. The predicted molar refractivity (Wildman–Crippen MR) is 75.5 cm³/mol. The molecule has 0 aromatic carbocycles. The third-order valence-electron chi connectivity index (χ3n) is 4.52. The molecule has 0 amide bonds. The lowest BCUT2D eigenvalue weighted by Crippen LogP contribution is -2.29. The molecule has 2 heterocycles. The third kappa shape index (κ3) is 2.61. The van der Waals surface area contributed by atoms with Gasteiger partial charge in [0.2, 0.25) is 11.7 Å². The smallest absolute Gasteiger partial charge is 0.234 e. The van der Waals surface area contributed by atoms with Gasteiger partial charge in [-0.15, -0.1) is 0 Å². The molecule has 1 saturated carbocycles. The third-order valence-corrected chi connectivity index (χ3v) is 4.52. The quantitative estimate of drug-likeness (QED) is 0.831. The molecule has 3 rings (SSSR count). The van der Waals surface area contributed by atoms with Crippen LogP contribution in [0.15, 0.2) is 4.52 Å². The van der Waals surface area contributed by atoms with Crippen LogP contribution in [0.2, 0.25) is 0 Å². The average molecular weight is 279 g/mol. The fourth-order valence-corrected chi connectivity index (χ4v) is 3.29. The highest BCUT2D eigenvalue weighted by atomic mass is 16.5. The number of hydrogen-bond donors (Lipinski definition) is 1. The summed E-state index contributed by atoms with van der Waals surface area (Å²) in [5.41, 5.74) is 0.0420. The van der Waals surface area contributed by atoms with Gasteiger partial charge in [-0.2, -0.15) is 4.98 Å². The highest BCUT2D eigenvalue weighted by Crippen LogP contribution is 2.43. The van der Waals surface area contributed by atoms with Gasteiger partial charge in [-0.3, -0.25) is 0 Å². The Morgan fingerprint density at radius 2 is 2.30 bits per heavy atom. The van der Waals surface area contributed by atoms with E-state index in [-0.39, 0.29) is 11.5 Å². The molecule has 5 heteroatoms. The van der Waals surface area contributed by atoms with E-state index in [0.717, 1.165) is 44.1 Å². The topological polar surface area (TPSA) is 60.2 Å². The van der Waals surface area contributed by atoms with Crippen molar-refractivity contribution in [3.05, 3.63) is 11.7 Å². The summed E-state index contributed by atoms with van der Waals surface area (Å²) in [5, 5.41) is 7.67. The summed E-state index contributed by atoms with van der Waals surface area (Å²) < 4.78 is 11.4. The lowest BCUT2D eigenvalue weighted by molar-refractivity contribution is 0.0384. The number of ether oxygens (including phenoxy) is 1. The Morgan fingerprint density at radius 1 is 1.45 bits per heavy atom. The van der Waals surface area contributed by atoms with Crippen molar-refractivity contribution in [3.8, 4) is 0 Å². The van der Waals surface area contributed by atoms with Gasteiger partial charge in [-0.1, -0.05) is 18.5 Å². The van der Waals surface area contributed by atoms with Gasteiger partial charge in [0.15, 0.2) is 0 Å². The molecule has 1 aromatic rings. The summed E-state index contributed by atoms with van der Waals surface area (Å²) in [6.45, 7) is 6.92. The lowest BCUT2D eigenvalue weighted by Gasteiger charge is -2.22. The van der Waals surface area contributed by atoms with Crippen molar-refractivity contribution in [1.82, 2.24) is 15.5 Å². The zero-order valence-electron chi connectivity index (χ0n) is 12.5. The van der Waals surface area contributed by atoms with E-state index in [1.54, 1.807) is 0 Å². The molecule has 2 fully saturated rings. The maximum atomic E-state index is 5.82. The Labute approximate surface area is 120 Å². The van der Waals surface area contributed by atoms with E-state index in [2.05, 4.69) is 17.4 Å². The lowest BCUT2D eigenvalue weighted by atomic mass is 9.82. The molecule has 1 N–H and O–H groups in total. The van der Waals surface area contributed by atoms with Crippen LogP contribution < -0.4 is 5.32 Å². The molecule has 2 unspecified atom stereocenters. The van der Waals surface area contributed by atoms with Crippen LogP contribution >= 0.6 is 0 Å². The first kappa shape index (κ1) is 14.0. The van der Waals surface area contributed by atoms with Crippen LogP contribution in [-0.2, 0) is 10.2 Å². The molecule has 1 aliphatic carbocycles. The summed E-state index contributed by atoms with van der Waals surface area (Å²) in [6, 6.07) is 0. The highest BCUT2D eigenvalue weighted by molar-refractivity contribution is 5.11. The molecular weight excluding hydrogens is 254 g/mol. The largest absolute Gasteiger partial charge is 0.370 e. The first-order valence-electron chi connectivity index (χ1n) is 7.95. The minimum absolute atomic E-state index is 0.0329. The Hall–Kier alpha value is -0.940. The minimum Gasteiger partial charge on any atom is -0.370 e. The second kappa shape index (κ2) is 5.82. The maximum Gasteiger partial charge on any atom is 0.234 e. The summed E-state index contributed by atoms with van der Waals surface area (Å²) >= 11 is 0. The molecule has 1 aromatic heterocycles. The van der Waals surface area contributed by atoms with Crippen molar-refractivity contribution in [2.75, 3.05) is 19.7 Å². The fraction of sp³-hybridized carbons (Fsp3) is 0.867. The van der Waals surface area contributed by atoms with E-state index in [9.17, 15) is 0 Å². The fourth-order valence-electron chi connectivity index (χ4n) is 3.29. The molecule has 5 nitrogen and oxygen atoms in total. The molecule has 0 radical (unpaired) electrons. The minimum atomic E-state index is 0.0329. The number of hydrogen-bond acceptors (Lipinski definition) is 5. The van der Waals surface area contributed by atoms with Gasteiger partial charge in [0.05, 0.1) is 5.41 Å². The highest BCUT2D eigenvalue weighted by Gasteiger charge is 2.42. The van der Waals surface area contributed by atoms with Gasteiger partial charge in [0.25, 0.3) is 0 Å². The zero-order chi connectivity index (χ0) is 14.0. The average Bonchev–Trinajstić information content (AvgIpc) is 2.97. The van der Waals surface area contributed by atoms with Crippen molar-refractivity contribution >= 4 is 0 Å². The first-order chi connectivity index (χ1) is 9.79. The standard InChI is InChI=1S/C15H25N3O2/c1-3-7-15(8-9-16-10-15)14-17-13(18-20-14)12(19-4-2)11-5-6-11/h11-12,16H,3-10H2,1-2H3. The van der Waals surface area contributed by atoms with Crippen molar-refractivity contribution in [1.29, 1.82) is 0 Å². The molecule has 2 aliphatic rings. The van der Waals surface area contributed by atoms with Gasteiger partial charge >= 0.3 is 0 Å². The van der Waals surface area contributed by atoms with Crippen LogP contribution in [0.4, 0.5) is 0 Å². The van der Waals surface area contributed by atoms with Gasteiger partial charge in [-0.25, -0.2) is 0 Å². The van der Waals surface area contributed by atoms with Gasteiger partial charge in [0, 0.05) is 13.2 Å². The van der Waals surface area contributed by atoms with Crippen molar-refractivity contribution in [2.24, 2.45) is 5.92 Å². The van der Waals surface area contributed by atoms with Crippen LogP contribution in [-0.4, -0.2) is 29.8 Å². The number of nitrogens with one attached hydrogen (secondary N) is 1. The first-order valence-corrected chi connectivity index (χ1v) is 7.95. The van der Waals surface area contributed by atoms with Gasteiger partial charge in [0.1, 0.15) is 6.10 Å². The molecule has 0 spiro atoms. The van der Waals surface area contributed by atoms with Gasteiger partial charge in [-0.05, 0) is 45.1 Å². The van der Waals surface area contributed by atoms with E-state index in [1.807, 2.05) is 6.92 Å². The maximum absolute atomic E-state index is 5.82.